The van der Waals surface area contributed by atoms with Crippen molar-refractivity contribution in [2.24, 2.45) is 0 Å². The minimum atomic E-state index is -0.0825. The lowest BCUT2D eigenvalue weighted by atomic mass is 10.2. The highest BCUT2D eigenvalue weighted by Gasteiger charge is 2.31. The summed E-state index contributed by atoms with van der Waals surface area (Å²) in [6, 6.07) is -0.0825. The van der Waals surface area contributed by atoms with Crippen LogP contribution in [0.25, 0.3) is 10.2 Å². The zero-order valence-corrected chi connectivity index (χ0v) is 12.4. The van der Waals surface area contributed by atoms with E-state index in [0.717, 1.165) is 24.0 Å². The number of likely N-dealkylation sites (tertiary alicyclic amines) is 1. The second-order valence-electron chi connectivity index (χ2n) is 5.25. The Balaban J connectivity index is 1.97. The molecule has 6 heteroatoms. The van der Waals surface area contributed by atoms with E-state index in [4.69, 9.17) is 0 Å². The molecule has 5 nitrogen and oxygen atoms in total. The Morgan fingerprint density at radius 2 is 2.25 bits per heavy atom. The van der Waals surface area contributed by atoms with E-state index in [-0.39, 0.29) is 17.5 Å². The molecule has 1 aliphatic heterocycles. The van der Waals surface area contributed by atoms with Gasteiger partial charge in [0.2, 0.25) is 5.91 Å². The van der Waals surface area contributed by atoms with E-state index in [1.807, 2.05) is 17.2 Å². The number of aryl methyl sites for hydroxylation is 1. The zero-order chi connectivity index (χ0) is 14.3. The van der Waals surface area contributed by atoms with E-state index < -0.39 is 0 Å². The van der Waals surface area contributed by atoms with Gasteiger partial charge in [0.05, 0.1) is 17.9 Å². The van der Waals surface area contributed by atoms with Gasteiger partial charge < -0.3 is 4.90 Å². The van der Waals surface area contributed by atoms with E-state index in [1.165, 1.54) is 11.3 Å². The van der Waals surface area contributed by atoms with E-state index in [9.17, 15) is 9.59 Å². The number of hydrogen-bond acceptors (Lipinski definition) is 4. The van der Waals surface area contributed by atoms with Gasteiger partial charge in [-0.2, -0.15) is 0 Å². The Kier molecular flexibility index (Phi) is 3.33. The van der Waals surface area contributed by atoms with Gasteiger partial charge in [-0.3, -0.25) is 14.2 Å². The van der Waals surface area contributed by atoms with E-state index in [2.05, 4.69) is 11.9 Å². The monoisotopic (exact) mass is 291 g/mol. The number of carbonyl (C=O) groups excluding carboxylic acids is 1. The summed E-state index contributed by atoms with van der Waals surface area (Å²) in [4.78, 5) is 30.6. The lowest BCUT2D eigenvalue weighted by molar-refractivity contribution is -0.127. The van der Waals surface area contributed by atoms with Crippen molar-refractivity contribution in [1.29, 1.82) is 0 Å². The lowest BCUT2D eigenvalue weighted by Crippen LogP contribution is -2.29. The molecule has 1 aliphatic rings. The van der Waals surface area contributed by atoms with E-state index in [0.29, 0.717) is 17.7 Å². The molecule has 1 atom stereocenters. The molecule has 0 bridgehead atoms. The molecule has 3 rings (SSSR count). The summed E-state index contributed by atoms with van der Waals surface area (Å²) >= 11 is 1.43. The number of rotatable bonds is 3. The van der Waals surface area contributed by atoms with Crippen LogP contribution in [0.3, 0.4) is 0 Å². The van der Waals surface area contributed by atoms with Crippen molar-refractivity contribution in [3.8, 4) is 0 Å². The summed E-state index contributed by atoms with van der Waals surface area (Å²) in [5, 5.41) is 1.95. The van der Waals surface area contributed by atoms with Gasteiger partial charge in [-0.25, -0.2) is 4.98 Å². The highest BCUT2D eigenvalue weighted by atomic mass is 32.1. The molecule has 0 unspecified atom stereocenters. The summed E-state index contributed by atoms with van der Waals surface area (Å²) < 4.78 is 2.32. The molecule has 20 heavy (non-hydrogen) atoms. The normalized spacial score (nSPS) is 19.2. The van der Waals surface area contributed by atoms with Crippen LogP contribution < -0.4 is 5.56 Å². The van der Waals surface area contributed by atoms with Crippen LogP contribution in [0.15, 0.2) is 16.5 Å². The second kappa shape index (κ2) is 5.01. The van der Waals surface area contributed by atoms with E-state index >= 15 is 0 Å². The molecule has 2 aromatic heterocycles. The van der Waals surface area contributed by atoms with Crippen LogP contribution in [0, 0.1) is 6.92 Å². The molecule has 0 aromatic carbocycles. The van der Waals surface area contributed by atoms with Crippen molar-refractivity contribution in [3.05, 3.63) is 27.6 Å². The summed E-state index contributed by atoms with van der Waals surface area (Å²) in [5.74, 6) is 0.131. The van der Waals surface area contributed by atoms with Gasteiger partial charge in [0.25, 0.3) is 5.56 Å². The Hall–Kier alpha value is -1.69. The first-order valence-electron chi connectivity index (χ1n) is 6.84. The number of thiophene rings is 1. The minimum absolute atomic E-state index is 0.0238. The maximum Gasteiger partial charge on any atom is 0.271 e. The van der Waals surface area contributed by atoms with Crippen molar-refractivity contribution in [2.75, 3.05) is 13.1 Å². The molecule has 0 spiro atoms. The summed E-state index contributed by atoms with van der Waals surface area (Å²) in [5.41, 5.74) is 1.79. The Labute approximate surface area is 120 Å². The number of amides is 1. The van der Waals surface area contributed by atoms with Gasteiger partial charge in [0.1, 0.15) is 4.70 Å². The third-order valence-electron chi connectivity index (χ3n) is 3.76. The molecule has 0 N–H and O–H groups in total. The highest BCUT2D eigenvalue weighted by Crippen LogP contribution is 2.24. The van der Waals surface area contributed by atoms with Crippen molar-refractivity contribution >= 4 is 27.5 Å². The fourth-order valence-electron chi connectivity index (χ4n) is 2.72. The van der Waals surface area contributed by atoms with Gasteiger partial charge in [0.15, 0.2) is 0 Å². The van der Waals surface area contributed by atoms with Crippen molar-refractivity contribution in [2.45, 2.75) is 32.7 Å². The summed E-state index contributed by atoms with van der Waals surface area (Å²) in [6.45, 7) is 5.38. The van der Waals surface area contributed by atoms with Crippen LogP contribution in [0.4, 0.5) is 0 Å². The van der Waals surface area contributed by atoms with Crippen LogP contribution in [-0.2, 0) is 4.79 Å². The van der Waals surface area contributed by atoms with Crippen LogP contribution in [0.2, 0.25) is 0 Å². The first kappa shape index (κ1) is 13.3. The zero-order valence-electron chi connectivity index (χ0n) is 11.6. The molecule has 2 aromatic rings. The largest absolute Gasteiger partial charge is 0.341 e. The fourth-order valence-corrected chi connectivity index (χ4v) is 3.66. The number of hydrogen-bond donors (Lipinski definition) is 0. The first-order chi connectivity index (χ1) is 9.61. The second-order valence-corrected chi connectivity index (χ2v) is 6.13. The van der Waals surface area contributed by atoms with Gasteiger partial charge >= 0.3 is 0 Å². The van der Waals surface area contributed by atoms with Crippen LogP contribution in [-0.4, -0.2) is 33.4 Å². The quantitative estimate of drug-likeness (QED) is 0.868. The smallest absolute Gasteiger partial charge is 0.271 e. The maximum absolute atomic E-state index is 12.5. The van der Waals surface area contributed by atoms with Crippen molar-refractivity contribution in [3.63, 3.8) is 0 Å². The molecule has 106 valence electrons. The van der Waals surface area contributed by atoms with Crippen LogP contribution in [0.5, 0.6) is 0 Å². The molecule has 1 saturated heterocycles. The molecule has 0 saturated carbocycles. The Morgan fingerprint density at radius 1 is 1.45 bits per heavy atom. The topological polar surface area (TPSA) is 55.2 Å². The first-order valence-corrected chi connectivity index (χ1v) is 7.72. The van der Waals surface area contributed by atoms with Crippen LogP contribution >= 0.6 is 11.3 Å². The van der Waals surface area contributed by atoms with Gasteiger partial charge in [-0.15, -0.1) is 11.3 Å². The highest BCUT2D eigenvalue weighted by molar-refractivity contribution is 7.17. The van der Waals surface area contributed by atoms with Gasteiger partial charge in [-0.05, 0) is 24.3 Å². The average Bonchev–Trinajstić information content (AvgIpc) is 2.96. The SMILES string of the molecule is CCCN1C[C@@H](n2cnc3c(C)csc3c2=O)CC1=O. The fraction of sp³-hybridized carbons (Fsp3) is 0.500. The molecular formula is C14H17N3O2S. The predicted molar refractivity (Wildman–Crippen MR) is 79.1 cm³/mol. The summed E-state index contributed by atoms with van der Waals surface area (Å²) in [6.07, 6.45) is 2.93. The minimum Gasteiger partial charge on any atom is -0.341 e. The van der Waals surface area contributed by atoms with E-state index in [1.54, 1.807) is 10.9 Å². The molecule has 0 radical (unpaired) electrons. The average molecular weight is 291 g/mol. The van der Waals surface area contributed by atoms with Gasteiger partial charge in [-0.1, -0.05) is 6.92 Å². The van der Waals surface area contributed by atoms with Crippen molar-refractivity contribution in [1.82, 2.24) is 14.5 Å². The predicted octanol–water partition coefficient (Wildman–Crippen LogP) is 1.95. The third-order valence-corrected chi connectivity index (χ3v) is 4.84. The molecule has 1 amide bonds. The lowest BCUT2D eigenvalue weighted by Gasteiger charge is -2.16. The Bertz CT molecular complexity index is 719. The number of fused-ring (bicyclic) bond motifs is 1. The standard InChI is InChI=1S/C14H17N3O2S/c1-3-4-16-6-10(5-11(16)18)17-8-15-12-9(2)7-20-13(12)14(17)19/h7-8,10H,3-6H2,1-2H3/t10-/m0/s1. The number of carbonyl (C=O) groups is 1. The molecular weight excluding hydrogens is 274 g/mol. The van der Waals surface area contributed by atoms with Gasteiger partial charge in [0, 0.05) is 19.5 Å². The maximum atomic E-state index is 12.5. The molecule has 3 heterocycles. The third kappa shape index (κ3) is 2.04. The van der Waals surface area contributed by atoms with Crippen molar-refractivity contribution < 1.29 is 4.79 Å². The number of nitrogens with zero attached hydrogens (tertiary/aromatic N) is 3. The van der Waals surface area contributed by atoms with Crippen LogP contribution in [0.1, 0.15) is 31.4 Å². The number of aromatic nitrogens is 2. The molecule has 0 aliphatic carbocycles. The molecule has 1 fully saturated rings. The summed E-state index contributed by atoms with van der Waals surface area (Å²) in [7, 11) is 0. The Morgan fingerprint density at radius 3 is 3.00 bits per heavy atom.